The number of amides is 1. The maximum absolute atomic E-state index is 12.4. The average molecular weight is 333 g/mol. The molecule has 132 valence electrons. The molecule has 1 amide bonds. The minimum atomic E-state index is -0.310. The van der Waals surface area contributed by atoms with Crippen molar-refractivity contribution in [1.82, 2.24) is 15.2 Å². The van der Waals surface area contributed by atoms with E-state index in [2.05, 4.69) is 29.0 Å². The largest absolute Gasteiger partial charge is 0.374 e. The monoisotopic (exact) mass is 333 g/mol. The summed E-state index contributed by atoms with van der Waals surface area (Å²) in [5.74, 6) is 0.304. The summed E-state index contributed by atoms with van der Waals surface area (Å²) in [5.41, 5.74) is 2.00. The molecule has 6 heteroatoms. The number of fused-ring (bicyclic) bond motifs is 1. The van der Waals surface area contributed by atoms with Crippen molar-refractivity contribution in [1.29, 1.82) is 0 Å². The fraction of sp³-hybridized carbons (Fsp3) is 0.667. The lowest BCUT2D eigenvalue weighted by Gasteiger charge is -2.33. The van der Waals surface area contributed by atoms with Crippen molar-refractivity contribution in [3.05, 3.63) is 33.2 Å². The first-order valence-electron chi connectivity index (χ1n) is 8.90. The van der Waals surface area contributed by atoms with Crippen LogP contribution in [0.2, 0.25) is 0 Å². The number of nitrogens with one attached hydrogen (secondary N) is 2. The standard InChI is InChI=1S/C18H27N3O3/c1-12(2)10-21-6-7-24-14(11-21)9-19-17(22)15-8-13-4-3-5-16(13)20-18(15)23/h8,12,14H,3-7,9-11H2,1-2H3,(H,19,22)(H,20,23)/t14-/m0/s1. The smallest absolute Gasteiger partial charge is 0.261 e. The van der Waals surface area contributed by atoms with Crippen LogP contribution in [0.1, 0.15) is 41.9 Å². The van der Waals surface area contributed by atoms with Crippen LogP contribution in [0.5, 0.6) is 0 Å². The van der Waals surface area contributed by atoms with Gasteiger partial charge in [-0.05, 0) is 36.8 Å². The van der Waals surface area contributed by atoms with E-state index in [4.69, 9.17) is 4.74 Å². The molecule has 0 bridgehead atoms. The Morgan fingerprint density at radius 3 is 3.08 bits per heavy atom. The molecule has 1 atom stereocenters. The van der Waals surface area contributed by atoms with Crippen LogP contribution in [0, 0.1) is 5.92 Å². The molecule has 0 spiro atoms. The Bertz CT molecular complexity index is 653. The van der Waals surface area contributed by atoms with Gasteiger partial charge in [0.1, 0.15) is 5.56 Å². The van der Waals surface area contributed by atoms with Gasteiger partial charge in [0.25, 0.3) is 11.5 Å². The van der Waals surface area contributed by atoms with Gasteiger partial charge in [0.2, 0.25) is 0 Å². The number of aryl methyl sites for hydroxylation is 2. The van der Waals surface area contributed by atoms with E-state index in [1.807, 2.05) is 0 Å². The maximum Gasteiger partial charge on any atom is 0.261 e. The van der Waals surface area contributed by atoms with E-state index >= 15 is 0 Å². The van der Waals surface area contributed by atoms with Crippen molar-refractivity contribution >= 4 is 5.91 Å². The van der Waals surface area contributed by atoms with E-state index in [0.717, 1.165) is 50.2 Å². The van der Waals surface area contributed by atoms with Crippen LogP contribution in [0.15, 0.2) is 10.9 Å². The number of hydrogen-bond acceptors (Lipinski definition) is 4. The molecular weight excluding hydrogens is 306 g/mol. The molecule has 1 fully saturated rings. The molecule has 0 radical (unpaired) electrons. The van der Waals surface area contributed by atoms with Crippen LogP contribution < -0.4 is 10.9 Å². The highest BCUT2D eigenvalue weighted by Gasteiger charge is 2.23. The third-order valence-corrected chi connectivity index (χ3v) is 4.67. The molecule has 6 nitrogen and oxygen atoms in total. The number of H-pyrrole nitrogens is 1. The summed E-state index contributed by atoms with van der Waals surface area (Å²) >= 11 is 0. The molecule has 2 heterocycles. The van der Waals surface area contributed by atoms with E-state index in [0.29, 0.717) is 19.1 Å². The number of aromatic amines is 1. The molecule has 2 aliphatic rings. The summed E-state index contributed by atoms with van der Waals surface area (Å²) in [5, 5.41) is 2.86. The zero-order chi connectivity index (χ0) is 17.1. The average Bonchev–Trinajstić information content (AvgIpc) is 2.98. The third kappa shape index (κ3) is 4.05. The van der Waals surface area contributed by atoms with Gasteiger partial charge >= 0.3 is 0 Å². The summed E-state index contributed by atoms with van der Waals surface area (Å²) in [6, 6.07) is 1.75. The van der Waals surface area contributed by atoms with Gasteiger partial charge in [-0.3, -0.25) is 14.5 Å². The predicted octanol–water partition coefficient (Wildman–Crippen LogP) is 0.950. The number of hydrogen-bond donors (Lipinski definition) is 2. The second kappa shape index (κ2) is 7.49. The number of carbonyl (C=O) groups is 1. The van der Waals surface area contributed by atoms with E-state index in [9.17, 15) is 9.59 Å². The van der Waals surface area contributed by atoms with Crippen molar-refractivity contribution in [2.45, 2.75) is 39.2 Å². The van der Waals surface area contributed by atoms with Gasteiger partial charge < -0.3 is 15.0 Å². The quantitative estimate of drug-likeness (QED) is 0.841. The molecule has 3 rings (SSSR count). The van der Waals surface area contributed by atoms with Crippen LogP contribution in [0.3, 0.4) is 0 Å². The Kier molecular flexibility index (Phi) is 5.36. The predicted molar refractivity (Wildman–Crippen MR) is 92.4 cm³/mol. The first-order valence-corrected chi connectivity index (χ1v) is 8.90. The summed E-state index contributed by atoms with van der Waals surface area (Å²) in [4.78, 5) is 29.7. The highest BCUT2D eigenvalue weighted by atomic mass is 16.5. The van der Waals surface area contributed by atoms with E-state index < -0.39 is 0 Å². The second-order valence-electron chi connectivity index (χ2n) is 7.23. The number of nitrogens with zero attached hydrogens (tertiary/aromatic N) is 1. The Balaban J connectivity index is 1.57. The fourth-order valence-corrected chi connectivity index (χ4v) is 3.57. The van der Waals surface area contributed by atoms with Crippen molar-refractivity contribution in [3.63, 3.8) is 0 Å². The van der Waals surface area contributed by atoms with Crippen LogP contribution in [-0.2, 0) is 17.6 Å². The minimum absolute atomic E-state index is 0.0186. The molecule has 1 aliphatic carbocycles. The van der Waals surface area contributed by atoms with E-state index in [1.54, 1.807) is 6.07 Å². The van der Waals surface area contributed by atoms with Gasteiger partial charge in [-0.2, -0.15) is 0 Å². The summed E-state index contributed by atoms with van der Waals surface area (Å²) in [6.45, 7) is 8.32. The number of morpholine rings is 1. The normalized spacial score (nSPS) is 21.0. The number of aromatic nitrogens is 1. The van der Waals surface area contributed by atoms with Gasteiger partial charge in [-0.1, -0.05) is 13.8 Å². The zero-order valence-corrected chi connectivity index (χ0v) is 14.6. The summed E-state index contributed by atoms with van der Waals surface area (Å²) in [7, 11) is 0. The van der Waals surface area contributed by atoms with Crippen molar-refractivity contribution in [3.8, 4) is 0 Å². The van der Waals surface area contributed by atoms with Crippen molar-refractivity contribution in [2.75, 3.05) is 32.8 Å². The van der Waals surface area contributed by atoms with Gasteiger partial charge in [0.15, 0.2) is 0 Å². The van der Waals surface area contributed by atoms with E-state index in [1.165, 1.54) is 0 Å². The van der Waals surface area contributed by atoms with Crippen LogP contribution >= 0.6 is 0 Å². The van der Waals surface area contributed by atoms with Gasteiger partial charge in [-0.25, -0.2) is 0 Å². The SMILES string of the molecule is CC(C)CN1CCO[C@@H](CNC(=O)c2cc3c([nH]c2=O)CCC3)C1. The molecule has 0 aromatic carbocycles. The summed E-state index contributed by atoms with van der Waals surface area (Å²) in [6.07, 6.45) is 2.85. The van der Waals surface area contributed by atoms with Crippen LogP contribution in [0.4, 0.5) is 0 Å². The Morgan fingerprint density at radius 1 is 1.46 bits per heavy atom. The zero-order valence-electron chi connectivity index (χ0n) is 14.6. The Morgan fingerprint density at radius 2 is 2.29 bits per heavy atom. The molecule has 1 saturated heterocycles. The number of ether oxygens (including phenoxy) is 1. The van der Waals surface area contributed by atoms with Crippen molar-refractivity contribution in [2.24, 2.45) is 5.92 Å². The second-order valence-corrected chi connectivity index (χ2v) is 7.23. The molecule has 1 aromatic heterocycles. The summed E-state index contributed by atoms with van der Waals surface area (Å²) < 4.78 is 5.74. The van der Waals surface area contributed by atoms with Crippen molar-refractivity contribution < 1.29 is 9.53 Å². The highest BCUT2D eigenvalue weighted by Crippen LogP contribution is 2.18. The molecular formula is C18H27N3O3. The molecule has 1 aliphatic heterocycles. The molecule has 2 N–H and O–H groups in total. The highest BCUT2D eigenvalue weighted by molar-refractivity contribution is 5.94. The number of pyridine rings is 1. The first-order chi connectivity index (χ1) is 11.5. The maximum atomic E-state index is 12.4. The van der Waals surface area contributed by atoms with Crippen LogP contribution in [0.25, 0.3) is 0 Å². The minimum Gasteiger partial charge on any atom is -0.374 e. The molecule has 0 unspecified atom stereocenters. The molecule has 24 heavy (non-hydrogen) atoms. The van der Waals surface area contributed by atoms with Crippen LogP contribution in [-0.4, -0.2) is 54.7 Å². The first kappa shape index (κ1) is 17.2. The Hall–Kier alpha value is -1.66. The third-order valence-electron chi connectivity index (χ3n) is 4.67. The number of rotatable bonds is 5. The van der Waals surface area contributed by atoms with Gasteiger partial charge in [-0.15, -0.1) is 0 Å². The molecule has 0 saturated carbocycles. The fourth-order valence-electron chi connectivity index (χ4n) is 3.57. The lowest BCUT2D eigenvalue weighted by atomic mass is 10.1. The van der Waals surface area contributed by atoms with E-state index in [-0.39, 0.29) is 23.1 Å². The lowest BCUT2D eigenvalue weighted by Crippen LogP contribution is -2.48. The van der Waals surface area contributed by atoms with Gasteiger partial charge in [0.05, 0.1) is 12.7 Å². The van der Waals surface area contributed by atoms with Gasteiger partial charge in [0, 0.05) is 31.9 Å². The number of carbonyl (C=O) groups excluding carboxylic acids is 1. The lowest BCUT2D eigenvalue weighted by molar-refractivity contribution is -0.0295. The topological polar surface area (TPSA) is 74.4 Å². The Labute approximate surface area is 142 Å². The molecule has 1 aromatic rings.